The van der Waals surface area contributed by atoms with E-state index in [9.17, 15) is 5.11 Å². The molecule has 0 aliphatic heterocycles. The van der Waals surface area contributed by atoms with Crippen molar-refractivity contribution in [2.24, 2.45) is 0 Å². The summed E-state index contributed by atoms with van der Waals surface area (Å²) in [6.45, 7) is 3.29. The van der Waals surface area contributed by atoms with Gasteiger partial charge in [0.2, 0.25) is 0 Å². The van der Waals surface area contributed by atoms with Gasteiger partial charge in [0.1, 0.15) is 6.61 Å². The summed E-state index contributed by atoms with van der Waals surface area (Å²) in [5.41, 5.74) is 2.02. The number of aliphatic hydroxyl groups excluding tert-OH is 1. The van der Waals surface area contributed by atoms with E-state index in [1.54, 1.807) is 14.0 Å². The molecule has 0 spiro atoms. The standard InChI is InChI=1S/C18H22ClNO3/c1-13(21)10-20-11-15-4-3-5-17(22-2)18(15)23-12-14-6-8-16(19)9-7-14/h3-9,13,20-21H,10-12H2,1-2H3. The third kappa shape index (κ3) is 5.43. The lowest BCUT2D eigenvalue weighted by molar-refractivity contribution is 0.190. The molecule has 2 aromatic rings. The summed E-state index contributed by atoms with van der Waals surface area (Å²) in [6.07, 6.45) is -0.390. The zero-order chi connectivity index (χ0) is 16.7. The van der Waals surface area contributed by atoms with Crippen molar-refractivity contribution >= 4 is 11.6 Å². The van der Waals surface area contributed by atoms with Crippen LogP contribution in [0.15, 0.2) is 42.5 Å². The molecular weight excluding hydrogens is 314 g/mol. The van der Waals surface area contributed by atoms with Gasteiger partial charge in [0, 0.05) is 23.7 Å². The number of aliphatic hydroxyl groups is 1. The lowest BCUT2D eigenvalue weighted by Gasteiger charge is -2.16. The Balaban J connectivity index is 2.09. The lowest BCUT2D eigenvalue weighted by Crippen LogP contribution is -2.24. The molecule has 0 saturated carbocycles. The van der Waals surface area contributed by atoms with Crippen molar-refractivity contribution in [2.75, 3.05) is 13.7 Å². The van der Waals surface area contributed by atoms with Gasteiger partial charge in [-0.2, -0.15) is 0 Å². The highest BCUT2D eigenvalue weighted by Gasteiger charge is 2.11. The van der Waals surface area contributed by atoms with Crippen LogP contribution in [0.5, 0.6) is 11.5 Å². The van der Waals surface area contributed by atoms with Crippen LogP contribution in [0, 0.1) is 0 Å². The number of rotatable bonds is 8. The summed E-state index contributed by atoms with van der Waals surface area (Å²) in [5, 5.41) is 13.2. The van der Waals surface area contributed by atoms with Crippen LogP contribution in [0.3, 0.4) is 0 Å². The van der Waals surface area contributed by atoms with Gasteiger partial charge in [0.05, 0.1) is 13.2 Å². The molecule has 0 radical (unpaired) electrons. The van der Waals surface area contributed by atoms with Gasteiger partial charge in [-0.05, 0) is 30.7 Å². The summed E-state index contributed by atoms with van der Waals surface area (Å²) < 4.78 is 11.4. The van der Waals surface area contributed by atoms with Crippen molar-refractivity contribution in [1.29, 1.82) is 0 Å². The fourth-order valence-corrected chi connectivity index (χ4v) is 2.30. The Morgan fingerprint density at radius 1 is 1.17 bits per heavy atom. The van der Waals surface area contributed by atoms with E-state index < -0.39 is 0 Å². The maximum Gasteiger partial charge on any atom is 0.166 e. The van der Waals surface area contributed by atoms with E-state index in [4.69, 9.17) is 21.1 Å². The molecule has 0 fully saturated rings. The number of hydrogen-bond acceptors (Lipinski definition) is 4. The van der Waals surface area contributed by atoms with Crippen molar-refractivity contribution < 1.29 is 14.6 Å². The summed E-state index contributed by atoms with van der Waals surface area (Å²) >= 11 is 5.89. The average molecular weight is 336 g/mol. The normalized spacial score (nSPS) is 12.0. The fourth-order valence-electron chi connectivity index (χ4n) is 2.18. The second-order valence-electron chi connectivity index (χ2n) is 5.34. The first-order chi connectivity index (χ1) is 11.1. The molecule has 0 amide bonds. The van der Waals surface area contributed by atoms with Crippen LogP contribution in [-0.4, -0.2) is 24.9 Å². The number of halogens is 1. The quantitative estimate of drug-likeness (QED) is 0.776. The average Bonchev–Trinajstić information content (AvgIpc) is 2.54. The van der Waals surface area contributed by atoms with Gasteiger partial charge in [0.25, 0.3) is 0 Å². The highest BCUT2D eigenvalue weighted by molar-refractivity contribution is 6.30. The fraction of sp³-hybridized carbons (Fsp3) is 0.333. The maximum atomic E-state index is 9.35. The lowest BCUT2D eigenvalue weighted by atomic mass is 10.1. The molecule has 1 unspecified atom stereocenters. The number of nitrogens with one attached hydrogen (secondary N) is 1. The number of ether oxygens (including phenoxy) is 2. The minimum atomic E-state index is -0.390. The molecule has 0 aliphatic carbocycles. The van der Waals surface area contributed by atoms with Gasteiger partial charge in [-0.3, -0.25) is 0 Å². The number of benzene rings is 2. The first-order valence-corrected chi connectivity index (χ1v) is 7.90. The molecule has 0 saturated heterocycles. The maximum absolute atomic E-state index is 9.35. The zero-order valence-electron chi connectivity index (χ0n) is 13.4. The summed E-state index contributed by atoms with van der Waals surface area (Å²) in [7, 11) is 1.62. The van der Waals surface area contributed by atoms with Crippen LogP contribution < -0.4 is 14.8 Å². The first-order valence-electron chi connectivity index (χ1n) is 7.52. The van der Waals surface area contributed by atoms with Crippen molar-refractivity contribution in [2.45, 2.75) is 26.2 Å². The van der Waals surface area contributed by atoms with E-state index in [1.165, 1.54) is 0 Å². The molecule has 0 heterocycles. The van der Waals surface area contributed by atoms with Gasteiger partial charge >= 0.3 is 0 Å². The minimum absolute atomic E-state index is 0.390. The first kappa shape index (κ1) is 17.6. The molecule has 5 heteroatoms. The van der Waals surface area contributed by atoms with E-state index in [-0.39, 0.29) is 6.10 Å². The molecule has 23 heavy (non-hydrogen) atoms. The minimum Gasteiger partial charge on any atom is -0.493 e. The molecule has 4 nitrogen and oxygen atoms in total. The molecule has 2 aromatic carbocycles. The number of hydrogen-bond donors (Lipinski definition) is 2. The molecule has 1 atom stereocenters. The van der Waals surface area contributed by atoms with E-state index in [0.717, 1.165) is 11.1 Å². The summed E-state index contributed by atoms with van der Waals surface area (Å²) in [4.78, 5) is 0. The molecular formula is C18H22ClNO3. The monoisotopic (exact) mass is 335 g/mol. The van der Waals surface area contributed by atoms with Crippen LogP contribution in [0.1, 0.15) is 18.1 Å². The number of methoxy groups -OCH3 is 1. The third-order valence-corrected chi connectivity index (χ3v) is 3.58. The Bertz CT molecular complexity index is 614. The summed E-state index contributed by atoms with van der Waals surface area (Å²) in [6, 6.07) is 13.3. The third-order valence-electron chi connectivity index (χ3n) is 3.33. The Morgan fingerprint density at radius 3 is 2.57 bits per heavy atom. The zero-order valence-corrected chi connectivity index (χ0v) is 14.1. The van der Waals surface area contributed by atoms with Crippen LogP contribution in [-0.2, 0) is 13.2 Å². The van der Waals surface area contributed by atoms with Crippen LogP contribution in [0.25, 0.3) is 0 Å². The van der Waals surface area contributed by atoms with E-state index in [1.807, 2.05) is 42.5 Å². The molecule has 0 aromatic heterocycles. The largest absolute Gasteiger partial charge is 0.493 e. The highest BCUT2D eigenvalue weighted by Crippen LogP contribution is 2.31. The van der Waals surface area contributed by atoms with E-state index in [0.29, 0.717) is 36.2 Å². The topological polar surface area (TPSA) is 50.7 Å². The predicted molar refractivity (Wildman–Crippen MR) is 92.2 cm³/mol. The van der Waals surface area contributed by atoms with E-state index in [2.05, 4.69) is 5.32 Å². The van der Waals surface area contributed by atoms with Gasteiger partial charge in [-0.25, -0.2) is 0 Å². The van der Waals surface area contributed by atoms with Crippen molar-refractivity contribution in [3.05, 3.63) is 58.6 Å². The van der Waals surface area contributed by atoms with Crippen molar-refractivity contribution in [1.82, 2.24) is 5.32 Å². The molecule has 0 aliphatic rings. The Hall–Kier alpha value is -1.75. The van der Waals surface area contributed by atoms with Crippen LogP contribution in [0.2, 0.25) is 5.02 Å². The SMILES string of the molecule is COc1cccc(CNCC(C)O)c1OCc1ccc(Cl)cc1. The summed E-state index contributed by atoms with van der Waals surface area (Å²) in [5.74, 6) is 1.40. The van der Waals surface area contributed by atoms with Gasteiger partial charge < -0.3 is 19.9 Å². The Labute approximate surface area is 142 Å². The van der Waals surface area contributed by atoms with E-state index >= 15 is 0 Å². The second kappa shape index (κ2) is 8.77. The van der Waals surface area contributed by atoms with Crippen molar-refractivity contribution in [3.8, 4) is 11.5 Å². The van der Waals surface area contributed by atoms with Crippen LogP contribution >= 0.6 is 11.6 Å². The smallest absolute Gasteiger partial charge is 0.166 e. The highest BCUT2D eigenvalue weighted by atomic mass is 35.5. The molecule has 124 valence electrons. The van der Waals surface area contributed by atoms with Crippen LogP contribution in [0.4, 0.5) is 0 Å². The molecule has 2 rings (SSSR count). The molecule has 0 bridgehead atoms. The van der Waals surface area contributed by atoms with Gasteiger partial charge in [-0.1, -0.05) is 35.9 Å². The number of para-hydroxylation sites is 1. The Kier molecular flexibility index (Phi) is 6.71. The second-order valence-corrected chi connectivity index (χ2v) is 5.78. The van der Waals surface area contributed by atoms with Gasteiger partial charge in [0.15, 0.2) is 11.5 Å². The Morgan fingerprint density at radius 2 is 1.91 bits per heavy atom. The van der Waals surface area contributed by atoms with Crippen molar-refractivity contribution in [3.63, 3.8) is 0 Å². The van der Waals surface area contributed by atoms with Gasteiger partial charge in [-0.15, -0.1) is 0 Å². The molecule has 2 N–H and O–H groups in total. The predicted octanol–water partition coefficient (Wildman–Crippen LogP) is 3.40.